The molecule has 0 atom stereocenters. The fraction of sp³-hybridized carbons (Fsp3) is 0.300. The molecule has 0 spiro atoms. The molecule has 0 saturated carbocycles. The van der Waals surface area contributed by atoms with Gasteiger partial charge in [0.05, 0.1) is 6.54 Å². The highest BCUT2D eigenvalue weighted by Crippen LogP contribution is 2.15. The van der Waals surface area contributed by atoms with Gasteiger partial charge in [-0.1, -0.05) is 12.5 Å². The number of piperidine rings is 1. The Morgan fingerprint density at radius 1 is 0.923 bits per heavy atom. The number of hydrogen-bond donors (Lipinski definition) is 2. The number of nitrogens with one attached hydrogen (secondary N) is 2. The summed E-state index contributed by atoms with van der Waals surface area (Å²) in [5, 5.41) is 5.57. The Kier molecular flexibility index (Phi) is 5.96. The molecule has 1 aliphatic heterocycles. The van der Waals surface area contributed by atoms with Gasteiger partial charge < -0.3 is 10.6 Å². The zero-order valence-electron chi connectivity index (χ0n) is 14.5. The summed E-state index contributed by atoms with van der Waals surface area (Å²) in [7, 11) is 0. The van der Waals surface area contributed by atoms with Crippen LogP contribution in [0.2, 0.25) is 0 Å². The van der Waals surface area contributed by atoms with Crippen LogP contribution in [0.1, 0.15) is 29.6 Å². The Morgan fingerprint density at radius 3 is 2.23 bits per heavy atom. The number of halogens is 1. The van der Waals surface area contributed by atoms with E-state index in [1.165, 1.54) is 24.6 Å². The van der Waals surface area contributed by atoms with Gasteiger partial charge in [0.1, 0.15) is 5.82 Å². The van der Waals surface area contributed by atoms with Crippen molar-refractivity contribution in [1.29, 1.82) is 0 Å². The molecule has 0 aliphatic carbocycles. The van der Waals surface area contributed by atoms with E-state index in [0.717, 1.165) is 25.9 Å². The molecule has 0 radical (unpaired) electrons. The van der Waals surface area contributed by atoms with E-state index in [1.54, 1.807) is 30.3 Å². The molecule has 2 aromatic carbocycles. The van der Waals surface area contributed by atoms with Crippen LogP contribution >= 0.6 is 0 Å². The smallest absolute Gasteiger partial charge is 0.255 e. The second-order valence-corrected chi connectivity index (χ2v) is 6.43. The number of likely N-dealkylation sites (tertiary alicyclic amines) is 1. The number of hydrogen-bond acceptors (Lipinski definition) is 3. The molecular formula is C20H22FN3O2. The van der Waals surface area contributed by atoms with Crippen LogP contribution in [0.25, 0.3) is 0 Å². The van der Waals surface area contributed by atoms with Crippen LogP contribution in [0.15, 0.2) is 48.5 Å². The molecule has 2 aromatic rings. The lowest BCUT2D eigenvalue weighted by Gasteiger charge is -2.25. The van der Waals surface area contributed by atoms with E-state index in [-0.39, 0.29) is 17.4 Å². The summed E-state index contributed by atoms with van der Waals surface area (Å²) >= 11 is 0. The third-order valence-corrected chi connectivity index (χ3v) is 4.33. The van der Waals surface area contributed by atoms with Gasteiger partial charge in [-0.2, -0.15) is 0 Å². The second kappa shape index (κ2) is 8.58. The molecule has 1 aliphatic rings. The second-order valence-electron chi connectivity index (χ2n) is 6.43. The summed E-state index contributed by atoms with van der Waals surface area (Å²) in [5.41, 5.74) is 1.51. The lowest BCUT2D eigenvalue weighted by molar-refractivity contribution is -0.117. The minimum absolute atomic E-state index is 0.0385. The number of carbonyl (C=O) groups is 2. The van der Waals surface area contributed by atoms with Crippen LogP contribution in [-0.2, 0) is 4.79 Å². The molecule has 0 aromatic heterocycles. The Balaban J connectivity index is 1.53. The van der Waals surface area contributed by atoms with Gasteiger partial charge in [-0.15, -0.1) is 0 Å². The van der Waals surface area contributed by atoms with Gasteiger partial charge in [0.2, 0.25) is 5.91 Å². The standard InChI is InChI=1S/C20H22FN3O2/c21-16-6-4-5-15(13-16)20(26)23-18-9-7-17(8-10-18)22-19(25)14-24-11-2-1-3-12-24/h4-10,13H,1-3,11-12,14H2,(H,22,25)(H,23,26). The van der Waals surface area contributed by atoms with E-state index in [4.69, 9.17) is 0 Å². The third-order valence-electron chi connectivity index (χ3n) is 4.33. The SMILES string of the molecule is O=C(CN1CCCCC1)Nc1ccc(NC(=O)c2cccc(F)c2)cc1. The fourth-order valence-corrected chi connectivity index (χ4v) is 2.99. The van der Waals surface area contributed by atoms with Crippen LogP contribution in [0.3, 0.4) is 0 Å². The maximum Gasteiger partial charge on any atom is 0.255 e. The largest absolute Gasteiger partial charge is 0.325 e. The molecule has 3 rings (SSSR count). The Bertz CT molecular complexity index is 771. The van der Waals surface area contributed by atoms with Crippen molar-refractivity contribution in [2.45, 2.75) is 19.3 Å². The molecular weight excluding hydrogens is 333 g/mol. The quantitative estimate of drug-likeness (QED) is 0.863. The van der Waals surface area contributed by atoms with Crippen LogP contribution < -0.4 is 10.6 Å². The first-order chi connectivity index (χ1) is 12.6. The lowest BCUT2D eigenvalue weighted by atomic mass is 10.1. The minimum atomic E-state index is -0.454. The lowest BCUT2D eigenvalue weighted by Crippen LogP contribution is -2.36. The number of benzene rings is 2. The van der Waals surface area contributed by atoms with E-state index in [0.29, 0.717) is 17.9 Å². The van der Waals surface area contributed by atoms with Gasteiger partial charge >= 0.3 is 0 Å². The molecule has 0 bridgehead atoms. The summed E-state index contributed by atoms with van der Waals surface area (Å²) in [6.07, 6.45) is 3.53. The Labute approximate surface area is 152 Å². The topological polar surface area (TPSA) is 61.4 Å². The van der Waals surface area contributed by atoms with Gasteiger partial charge in [0.25, 0.3) is 5.91 Å². The molecule has 2 amide bonds. The van der Waals surface area contributed by atoms with Crippen molar-refractivity contribution in [1.82, 2.24) is 4.90 Å². The fourth-order valence-electron chi connectivity index (χ4n) is 2.99. The number of carbonyl (C=O) groups excluding carboxylic acids is 2. The molecule has 1 saturated heterocycles. The highest BCUT2D eigenvalue weighted by atomic mass is 19.1. The number of rotatable bonds is 5. The predicted octanol–water partition coefficient (Wildman–Crippen LogP) is 3.50. The van der Waals surface area contributed by atoms with Gasteiger partial charge in [-0.25, -0.2) is 4.39 Å². The van der Waals surface area contributed by atoms with Crippen molar-refractivity contribution >= 4 is 23.2 Å². The summed E-state index contributed by atoms with van der Waals surface area (Å²) < 4.78 is 13.2. The average Bonchev–Trinajstić information content (AvgIpc) is 2.64. The summed E-state index contributed by atoms with van der Waals surface area (Å²) in [6, 6.07) is 12.4. The zero-order valence-corrected chi connectivity index (χ0v) is 14.5. The van der Waals surface area contributed by atoms with Crippen molar-refractivity contribution in [2.75, 3.05) is 30.3 Å². The predicted molar refractivity (Wildman–Crippen MR) is 99.7 cm³/mol. The number of amides is 2. The van der Waals surface area contributed by atoms with E-state index >= 15 is 0 Å². The monoisotopic (exact) mass is 355 g/mol. The maximum absolute atomic E-state index is 13.2. The minimum Gasteiger partial charge on any atom is -0.325 e. The van der Waals surface area contributed by atoms with Crippen LogP contribution in [0, 0.1) is 5.82 Å². The highest BCUT2D eigenvalue weighted by Gasteiger charge is 2.14. The highest BCUT2D eigenvalue weighted by molar-refractivity contribution is 6.04. The maximum atomic E-state index is 13.2. The average molecular weight is 355 g/mol. The summed E-state index contributed by atoms with van der Waals surface area (Å²) in [4.78, 5) is 26.4. The van der Waals surface area contributed by atoms with Gasteiger partial charge in [0.15, 0.2) is 0 Å². The van der Waals surface area contributed by atoms with Gasteiger partial charge in [-0.05, 0) is 68.4 Å². The van der Waals surface area contributed by atoms with Crippen molar-refractivity contribution in [3.63, 3.8) is 0 Å². The molecule has 2 N–H and O–H groups in total. The van der Waals surface area contributed by atoms with Gasteiger partial charge in [-0.3, -0.25) is 14.5 Å². The molecule has 0 unspecified atom stereocenters. The van der Waals surface area contributed by atoms with E-state index < -0.39 is 5.82 Å². The van der Waals surface area contributed by atoms with Crippen molar-refractivity contribution in [2.24, 2.45) is 0 Å². The van der Waals surface area contributed by atoms with Crippen molar-refractivity contribution in [3.05, 3.63) is 59.9 Å². The van der Waals surface area contributed by atoms with Crippen LogP contribution in [0.4, 0.5) is 15.8 Å². The molecule has 5 nitrogen and oxygen atoms in total. The Hall–Kier alpha value is -2.73. The molecule has 26 heavy (non-hydrogen) atoms. The Morgan fingerprint density at radius 2 is 1.58 bits per heavy atom. The third kappa shape index (κ3) is 5.13. The van der Waals surface area contributed by atoms with E-state index in [2.05, 4.69) is 15.5 Å². The number of anilines is 2. The molecule has 136 valence electrons. The first-order valence-electron chi connectivity index (χ1n) is 8.79. The van der Waals surface area contributed by atoms with E-state index in [9.17, 15) is 14.0 Å². The van der Waals surface area contributed by atoms with Crippen LogP contribution in [0.5, 0.6) is 0 Å². The van der Waals surface area contributed by atoms with Gasteiger partial charge in [0, 0.05) is 16.9 Å². The van der Waals surface area contributed by atoms with Crippen molar-refractivity contribution in [3.8, 4) is 0 Å². The van der Waals surface area contributed by atoms with Crippen molar-refractivity contribution < 1.29 is 14.0 Å². The number of nitrogens with zero attached hydrogens (tertiary/aromatic N) is 1. The molecule has 1 heterocycles. The summed E-state index contributed by atoms with van der Waals surface area (Å²) in [5.74, 6) is -0.876. The summed E-state index contributed by atoms with van der Waals surface area (Å²) in [6.45, 7) is 2.34. The molecule has 6 heteroatoms. The van der Waals surface area contributed by atoms with E-state index in [1.807, 2.05) is 0 Å². The zero-order chi connectivity index (χ0) is 18.4. The molecule has 1 fully saturated rings. The normalized spacial score (nSPS) is 14.7. The first-order valence-corrected chi connectivity index (χ1v) is 8.79. The van der Waals surface area contributed by atoms with Crippen LogP contribution in [-0.4, -0.2) is 36.3 Å². The first kappa shape index (κ1) is 18.1.